The Morgan fingerprint density at radius 2 is 1.06 bits per heavy atom. The molecule has 2 atom stereocenters. The first-order valence-electron chi connectivity index (χ1n) is 17.8. The second kappa shape index (κ2) is 103. The van der Waals surface area contributed by atoms with Crippen LogP contribution in [0.25, 0.3) is 0 Å². The van der Waals surface area contributed by atoms with Crippen molar-refractivity contribution in [2.24, 2.45) is 11.8 Å². The molecule has 0 bridgehead atoms. The van der Waals surface area contributed by atoms with Crippen molar-refractivity contribution < 1.29 is 31.8 Å². The highest BCUT2D eigenvalue weighted by Crippen LogP contribution is 2.08. The third-order valence-corrected chi connectivity index (χ3v) is 4.50. The summed E-state index contributed by atoms with van der Waals surface area (Å²) >= 11 is 0. The highest BCUT2D eigenvalue weighted by atomic mass is 19.3. The summed E-state index contributed by atoms with van der Waals surface area (Å²) in [5.74, 6) is 0.801. The van der Waals surface area contributed by atoms with Gasteiger partial charge < -0.3 is 4.74 Å². The third kappa shape index (κ3) is 263. The number of rotatable bonds is 14. The van der Waals surface area contributed by atoms with Crippen molar-refractivity contribution >= 4 is 0 Å². The van der Waals surface area contributed by atoms with E-state index in [2.05, 4.69) is 130 Å². The minimum Gasteiger partial charge on any atom is -0.502 e. The van der Waals surface area contributed by atoms with Gasteiger partial charge in [0.2, 0.25) is 0 Å². The molecule has 0 aromatic rings. The van der Waals surface area contributed by atoms with Crippen molar-refractivity contribution in [2.75, 3.05) is 26.6 Å². The van der Waals surface area contributed by atoms with Gasteiger partial charge >= 0.3 is 0 Å². The van der Waals surface area contributed by atoms with E-state index >= 15 is 0 Å². The van der Waals surface area contributed by atoms with E-state index in [1.165, 1.54) is 58.3 Å². The minimum atomic E-state index is -1.06. The Hall–Kier alpha value is -2.93. The molecule has 0 heterocycles. The van der Waals surface area contributed by atoms with Gasteiger partial charge in [0, 0.05) is 0 Å². The normalized spacial score (nSPS) is 9.18. The molecule has 310 valence electrons. The Kier molecular flexibility index (Phi) is 157. The molecular weight excluding hydrogens is 655 g/mol. The fourth-order valence-corrected chi connectivity index (χ4v) is 1.58. The van der Waals surface area contributed by atoms with E-state index in [-0.39, 0.29) is 13.3 Å². The highest BCUT2D eigenvalue weighted by molar-refractivity contribution is 5.11. The van der Waals surface area contributed by atoms with E-state index < -0.39 is 18.7 Å². The number of hydrogen-bond acceptors (Lipinski definition) is 2. The van der Waals surface area contributed by atoms with Crippen molar-refractivity contribution in [3.8, 4) is 0 Å². The average molecular weight is 743 g/mol. The average Bonchev–Trinajstić information content (AvgIpc) is 3.14. The van der Waals surface area contributed by atoms with Crippen LogP contribution in [0.1, 0.15) is 128 Å². The Bertz CT molecular complexity index is 614. The van der Waals surface area contributed by atoms with E-state index in [1.54, 1.807) is 6.92 Å². The van der Waals surface area contributed by atoms with Crippen LogP contribution in [0.15, 0.2) is 114 Å². The van der Waals surface area contributed by atoms with Crippen LogP contribution in [0.4, 0.5) is 22.1 Å². The molecule has 51 heavy (non-hydrogen) atoms. The van der Waals surface area contributed by atoms with Crippen LogP contribution in [0.3, 0.4) is 0 Å². The van der Waals surface area contributed by atoms with E-state index in [0.717, 1.165) is 37.7 Å². The van der Waals surface area contributed by atoms with Crippen molar-refractivity contribution in [3.05, 3.63) is 114 Å². The molecule has 0 rings (SSSR count). The van der Waals surface area contributed by atoms with Crippen LogP contribution in [0.5, 0.6) is 0 Å². The van der Waals surface area contributed by atoms with Crippen LogP contribution < -0.4 is 0 Å². The third-order valence-electron chi connectivity index (χ3n) is 4.50. The summed E-state index contributed by atoms with van der Waals surface area (Å²) in [5, 5.41) is 0. The Balaban J connectivity index is -0.0000000393. The number of halogens is 5. The number of hydrogen-bond donors (Lipinski definition) is 0. The smallest absolute Gasteiger partial charge is 0.140 e. The van der Waals surface area contributed by atoms with Gasteiger partial charge in [-0.25, -0.2) is 13.2 Å². The van der Waals surface area contributed by atoms with Crippen LogP contribution in [-0.4, -0.2) is 32.7 Å². The van der Waals surface area contributed by atoms with Crippen molar-refractivity contribution in [1.82, 2.24) is 0 Å². The monoisotopic (exact) mass is 743 g/mol. The minimum absolute atomic E-state index is 0.153. The Labute approximate surface area is 317 Å². The molecule has 0 fully saturated rings. The number of allylic oxidation sites excluding steroid dienone is 7. The first kappa shape index (κ1) is 77.5. The van der Waals surface area contributed by atoms with Gasteiger partial charge in [0.1, 0.15) is 12.5 Å². The molecule has 2 unspecified atom stereocenters. The zero-order valence-corrected chi connectivity index (χ0v) is 35.8. The lowest BCUT2D eigenvalue weighted by atomic mass is 10.0. The zero-order valence-electron chi connectivity index (χ0n) is 35.8. The first-order chi connectivity index (χ1) is 24.1. The Morgan fingerprint density at radius 3 is 1.16 bits per heavy atom. The number of alkyl halides is 3. The van der Waals surface area contributed by atoms with Crippen molar-refractivity contribution in [1.29, 1.82) is 0 Å². The van der Waals surface area contributed by atoms with Crippen molar-refractivity contribution in [2.45, 2.75) is 134 Å². The lowest BCUT2D eigenvalue weighted by molar-refractivity contribution is -0.125. The Morgan fingerprint density at radius 1 is 0.706 bits per heavy atom. The van der Waals surface area contributed by atoms with E-state index in [0.29, 0.717) is 0 Å². The predicted molar refractivity (Wildman–Crippen MR) is 229 cm³/mol. The van der Waals surface area contributed by atoms with Crippen molar-refractivity contribution in [3.63, 3.8) is 0 Å². The molecule has 0 aromatic carbocycles. The lowest BCUT2D eigenvalue weighted by Gasteiger charge is -2.03. The molecule has 0 aromatic heterocycles. The first-order valence-corrected chi connectivity index (χ1v) is 17.8. The summed E-state index contributed by atoms with van der Waals surface area (Å²) in [6, 6.07) is 0. The van der Waals surface area contributed by atoms with Crippen LogP contribution in [-0.2, 0) is 9.68 Å². The topological polar surface area (TPSA) is 18.5 Å². The van der Waals surface area contributed by atoms with Gasteiger partial charge in [-0.15, -0.1) is 46.1 Å². The molecule has 2 nitrogen and oxygen atoms in total. The standard InChI is InChI=1S/C8H16.C7H14.C7H12.C4H8O.C4H8.C3H4F2.C3H7F.C2H5FO.C2H5F.2C2H4/c1-4-6-7-8(3)5-2;2*1-4-6-7(3)5-2;1-3-5-4-2;1-3-4-2;1-3(5)2-4;1-3(2)4;1-2-4-3;1-2-3;2*1-2/h4,8H,1,5-7H2,2-3H3;4,7H,1,5-6H2,2-3H3;5-6H,2,4H2,1,3H3;3H,1,4H2,2H3;3H,1,4H2,2H3;1-2H2;3H,1-2H3;2H2,1H3;2H2,1H3;2*1-2H2/b;;7-6+;;;;;;;;. The highest BCUT2D eigenvalue weighted by Gasteiger charge is 1.93. The molecule has 0 saturated carbocycles. The molecule has 0 aliphatic rings. The lowest BCUT2D eigenvalue weighted by Crippen LogP contribution is -1.88. The summed E-state index contributed by atoms with van der Waals surface area (Å²) in [6.45, 7) is 55.1. The number of ether oxygens (including phenoxy) is 1. The van der Waals surface area contributed by atoms with Crippen LogP contribution in [0.2, 0.25) is 0 Å². The van der Waals surface area contributed by atoms with E-state index in [9.17, 15) is 22.1 Å². The molecule has 0 aliphatic carbocycles. The van der Waals surface area contributed by atoms with Gasteiger partial charge in [-0.2, -0.15) is 4.94 Å². The molecular formula is C44H87F5O2. The summed E-state index contributed by atoms with van der Waals surface area (Å²) < 4.78 is 57.6. The fraction of sp³-hybridized carbons (Fsp3) is 0.591. The van der Waals surface area contributed by atoms with Crippen LogP contribution in [0, 0.1) is 11.8 Å². The van der Waals surface area contributed by atoms with Crippen LogP contribution >= 0.6 is 0 Å². The van der Waals surface area contributed by atoms with Gasteiger partial charge in [-0.05, 0) is 90.0 Å². The second-order valence-electron chi connectivity index (χ2n) is 9.63. The largest absolute Gasteiger partial charge is 0.502 e. The quantitative estimate of drug-likeness (QED) is 0.0764. The summed E-state index contributed by atoms with van der Waals surface area (Å²) in [4.78, 5) is 3.04. The van der Waals surface area contributed by atoms with Gasteiger partial charge in [-0.3, -0.25) is 4.39 Å². The summed E-state index contributed by atoms with van der Waals surface area (Å²) in [6.07, 6.45) is 19.0. The van der Waals surface area contributed by atoms with Gasteiger partial charge in [-0.1, -0.05) is 110 Å². The molecule has 0 N–H and O–H groups in total. The van der Waals surface area contributed by atoms with E-state index in [4.69, 9.17) is 0 Å². The zero-order chi connectivity index (χ0) is 43.3. The van der Waals surface area contributed by atoms with E-state index in [1.807, 2.05) is 31.2 Å². The molecule has 0 spiro atoms. The molecule has 0 radical (unpaired) electrons. The van der Waals surface area contributed by atoms with Gasteiger partial charge in [0.25, 0.3) is 0 Å². The predicted octanol–water partition coefficient (Wildman–Crippen LogP) is 17.2. The SMILES string of the molecule is C=C.C=C.C=C(F)CF.C=C/C(C)=C/CC.C=CCC.C=CCC(C)CC.C=CCCC(C)CC.C=COCC.CC(C)F.CCF.CCOF. The summed E-state index contributed by atoms with van der Waals surface area (Å²) in [5.41, 5.74) is 1.27. The molecule has 0 aliphatic heterocycles. The van der Waals surface area contributed by atoms with Gasteiger partial charge in [0.15, 0.2) is 0 Å². The maximum absolute atomic E-state index is 11.0. The molecule has 7 heteroatoms. The maximum Gasteiger partial charge on any atom is 0.140 e. The second-order valence-corrected chi connectivity index (χ2v) is 9.63. The maximum atomic E-state index is 11.0. The molecule has 0 amide bonds. The summed E-state index contributed by atoms with van der Waals surface area (Å²) in [7, 11) is 0. The molecule has 0 saturated heterocycles. The van der Waals surface area contributed by atoms with Gasteiger partial charge in [0.05, 0.1) is 32.3 Å². The fourth-order valence-electron chi connectivity index (χ4n) is 1.58.